The van der Waals surface area contributed by atoms with Gasteiger partial charge in [0, 0.05) is 20.2 Å². The maximum atomic E-state index is 13.8. The van der Waals surface area contributed by atoms with Gasteiger partial charge in [0.25, 0.3) is 0 Å². The van der Waals surface area contributed by atoms with Crippen molar-refractivity contribution in [1.29, 1.82) is 0 Å². The van der Waals surface area contributed by atoms with Crippen LogP contribution in [0.3, 0.4) is 0 Å². The third kappa shape index (κ3) is 3.35. The molecule has 3 aliphatic heterocycles. The Bertz CT molecular complexity index is 1170. The highest BCUT2D eigenvalue weighted by atomic mass is 16.5. The van der Waals surface area contributed by atoms with Crippen LogP contribution >= 0.6 is 0 Å². The Hall–Kier alpha value is -3.05. The van der Waals surface area contributed by atoms with Gasteiger partial charge in [0.2, 0.25) is 17.7 Å². The van der Waals surface area contributed by atoms with E-state index in [1.54, 1.807) is 16.6 Å². The summed E-state index contributed by atoms with van der Waals surface area (Å²) < 4.78 is 8.20. The number of carbonyl (C=O) groups excluding carboxylic acids is 3. The first-order chi connectivity index (χ1) is 16.8. The second-order valence-electron chi connectivity index (χ2n) is 10.1. The number of benzene rings is 1. The van der Waals surface area contributed by atoms with Crippen LogP contribution in [0.25, 0.3) is 11.0 Å². The molecule has 11 heteroatoms. The number of ether oxygens (including phenoxy) is 1. The van der Waals surface area contributed by atoms with Crippen molar-refractivity contribution in [2.75, 3.05) is 20.2 Å². The van der Waals surface area contributed by atoms with Crippen molar-refractivity contribution in [2.45, 2.75) is 57.0 Å². The standard InChI is InChI=1S/C24H32N6O5/c1-14-12-24-18(17(20(32)25-3)23(14,2)35-24)22(34)29(10-6-7-11-31)19(24)21(33)26-13-30-16-9-5-4-8-15(16)27-28-30/h4-5,8-9,14,17-19,31H,6-7,10-13H2,1-3H3,(H,25,32)(H,26,33)/t14?,17-,18+,19?,23+,24?/m1/s1. The Morgan fingerprint density at radius 1 is 1.26 bits per heavy atom. The zero-order chi connectivity index (χ0) is 25.0. The van der Waals surface area contributed by atoms with Crippen molar-refractivity contribution in [3.8, 4) is 0 Å². The number of amides is 3. The van der Waals surface area contributed by atoms with E-state index in [0.717, 1.165) is 11.0 Å². The molecule has 3 unspecified atom stereocenters. The van der Waals surface area contributed by atoms with Gasteiger partial charge in [-0.1, -0.05) is 24.3 Å². The monoisotopic (exact) mass is 484 g/mol. The summed E-state index contributed by atoms with van der Waals surface area (Å²) in [6, 6.07) is 6.57. The van der Waals surface area contributed by atoms with Gasteiger partial charge >= 0.3 is 0 Å². The van der Waals surface area contributed by atoms with E-state index in [2.05, 4.69) is 20.9 Å². The van der Waals surface area contributed by atoms with Gasteiger partial charge in [0.05, 0.1) is 23.0 Å². The first kappa shape index (κ1) is 23.7. The number of unbranched alkanes of at least 4 members (excludes halogenated alkanes) is 1. The fraction of sp³-hybridized carbons (Fsp3) is 0.625. The molecular formula is C24H32N6O5. The van der Waals surface area contributed by atoms with E-state index < -0.39 is 29.1 Å². The van der Waals surface area contributed by atoms with Crippen LogP contribution in [-0.4, -0.2) is 80.2 Å². The third-order valence-corrected chi connectivity index (χ3v) is 8.22. The number of likely N-dealkylation sites (tertiary alicyclic amines) is 1. The van der Waals surface area contributed by atoms with Crippen LogP contribution in [0.1, 0.15) is 33.1 Å². The Morgan fingerprint density at radius 3 is 2.77 bits per heavy atom. The molecular weight excluding hydrogens is 452 g/mol. The van der Waals surface area contributed by atoms with Gasteiger partial charge in [-0.05, 0) is 44.2 Å². The van der Waals surface area contributed by atoms with E-state index in [9.17, 15) is 19.5 Å². The lowest BCUT2D eigenvalue weighted by Crippen LogP contribution is -2.56. The van der Waals surface area contributed by atoms with Crippen LogP contribution in [0.4, 0.5) is 0 Å². The first-order valence-corrected chi connectivity index (χ1v) is 12.2. The largest absolute Gasteiger partial charge is 0.396 e. The summed E-state index contributed by atoms with van der Waals surface area (Å²) in [5, 5.41) is 23.1. The molecule has 1 aromatic carbocycles. The average Bonchev–Trinajstić information content (AvgIpc) is 3.51. The lowest BCUT2D eigenvalue weighted by atomic mass is 9.62. The van der Waals surface area contributed by atoms with Crippen molar-refractivity contribution >= 4 is 28.8 Å². The van der Waals surface area contributed by atoms with E-state index in [1.807, 2.05) is 38.1 Å². The summed E-state index contributed by atoms with van der Waals surface area (Å²) in [7, 11) is 1.56. The number of hydrogen-bond donors (Lipinski definition) is 3. The quantitative estimate of drug-likeness (QED) is 0.450. The Morgan fingerprint density at radius 2 is 2.03 bits per heavy atom. The summed E-state index contributed by atoms with van der Waals surface area (Å²) >= 11 is 0. The molecule has 3 amide bonds. The number of hydrogen-bond acceptors (Lipinski definition) is 7. The van der Waals surface area contributed by atoms with Crippen LogP contribution in [0.2, 0.25) is 0 Å². The van der Waals surface area contributed by atoms with Gasteiger partial charge in [0.15, 0.2) is 0 Å². The number of aliphatic hydroxyl groups excluding tert-OH is 1. The lowest BCUT2D eigenvalue weighted by molar-refractivity contribution is -0.147. The van der Waals surface area contributed by atoms with Crippen LogP contribution in [0.5, 0.6) is 0 Å². The zero-order valence-corrected chi connectivity index (χ0v) is 20.2. The molecule has 0 aliphatic carbocycles. The maximum absolute atomic E-state index is 13.8. The molecule has 3 N–H and O–H groups in total. The molecule has 3 saturated heterocycles. The molecule has 35 heavy (non-hydrogen) atoms. The van der Waals surface area contributed by atoms with Crippen LogP contribution < -0.4 is 10.6 Å². The second kappa shape index (κ2) is 8.56. The molecule has 1 spiro atoms. The summed E-state index contributed by atoms with van der Waals surface area (Å²) in [4.78, 5) is 42.0. The molecule has 4 heterocycles. The maximum Gasteiger partial charge on any atom is 0.247 e. The summed E-state index contributed by atoms with van der Waals surface area (Å²) in [5.74, 6) is -2.26. The van der Waals surface area contributed by atoms with Gasteiger partial charge in [-0.3, -0.25) is 14.4 Å². The highest BCUT2D eigenvalue weighted by Crippen LogP contribution is 2.65. The highest BCUT2D eigenvalue weighted by Gasteiger charge is 2.79. The topological polar surface area (TPSA) is 139 Å². The number of para-hydroxylation sites is 1. The van der Waals surface area contributed by atoms with Crippen LogP contribution in [0, 0.1) is 17.8 Å². The van der Waals surface area contributed by atoms with E-state index >= 15 is 0 Å². The SMILES string of the molecule is CNC(=O)[C@H]1[C@H]2C(=O)N(CCCCO)C(C(=O)NCn3nnc4ccccc43)C23CC(C)[C@]1(C)O3. The number of nitrogens with zero attached hydrogens (tertiary/aromatic N) is 4. The van der Waals surface area contributed by atoms with Crippen LogP contribution in [0.15, 0.2) is 24.3 Å². The van der Waals surface area contributed by atoms with Crippen molar-refractivity contribution in [3.63, 3.8) is 0 Å². The second-order valence-corrected chi connectivity index (χ2v) is 10.1. The predicted octanol–water partition coefficient (Wildman–Crippen LogP) is 0.0342. The molecule has 3 aliphatic rings. The number of rotatable bonds is 8. The molecule has 3 fully saturated rings. The molecule has 6 atom stereocenters. The number of aromatic nitrogens is 3. The van der Waals surface area contributed by atoms with Gasteiger partial charge in [-0.15, -0.1) is 5.10 Å². The Labute approximate surface area is 203 Å². The predicted molar refractivity (Wildman–Crippen MR) is 125 cm³/mol. The lowest BCUT2D eigenvalue weighted by Gasteiger charge is -2.36. The molecule has 2 bridgehead atoms. The minimum atomic E-state index is -1.09. The summed E-state index contributed by atoms with van der Waals surface area (Å²) in [6.45, 7) is 4.28. The summed E-state index contributed by atoms with van der Waals surface area (Å²) in [5.41, 5.74) is -0.422. The van der Waals surface area contributed by atoms with Crippen LogP contribution in [-0.2, 0) is 25.8 Å². The van der Waals surface area contributed by atoms with Crippen molar-refractivity contribution in [3.05, 3.63) is 24.3 Å². The molecule has 188 valence electrons. The normalized spacial score (nSPS) is 33.4. The Balaban J connectivity index is 1.47. The molecule has 1 aromatic heterocycles. The van der Waals surface area contributed by atoms with E-state index in [-0.39, 0.29) is 36.9 Å². The van der Waals surface area contributed by atoms with E-state index in [4.69, 9.17) is 4.74 Å². The third-order valence-electron chi connectivity index (χ3n) is 8.22. The number of fused-ring (bicyclic) bond motifs is 2. The van der Waals surface area contributed by atoms with Crippen molar-refractivity contribution in [2.24, 2.45) is 17.8 Å². The Kier molecular flexibility index (Phi) is 5.79. The van der Waals surface area contributed by atoms with Gasteiger partial charge in [-0.25, -0.2) is 4.68 Å². The minimum Gasteiger partial charge on any atom is -0.396 e. The average molecular weight is 485 g/mol. The fourth-order valence-electron chi connectivity index (χ4n) is 6.51. The van der Waals surface area contributed by atoms with E-state index in [1.165, 1.54) is 0 Å². The molecule has 0 radical (unpaired) electrons. The first-order valence-electron chi connectivity index (χ1n) is 12.2. The molecule has 11 nitrogen and oxygen atoms in total. The zero-order valence-electron chi connectivity index (χ0n) is 20.2. The molecule has 5 rings (SSSR count). The smallest absolute Gasteiger partial charge is 0.247 e. The summed E-state index contributed by atoms with van der Waals surface area (Å²) in [6.07, 6.45) is 1.56. The van der Waals surface area contributed by atoms with Gasteiger partial charge in [-0.2, -0.15) is 0 Å². The number of aliphatic hydroxyl groups is 1. The highest BCUT2D eigenvalue weighted by molar-refractivity contribution is 5.99. The number of nitrogens with one attached hydrogen (secondary N) is 2. The van der Waals surface area contributed by atoms with Gasteiger partial charge < -0.3 is 25.4 Å². The van der Waals surface area contributed by atoms with Crippen molar-refractivity contribution < 1.29 is 24.2 Å². The fourth-order valence-corrected chi connectivity index (χ4v) is 6.51. The van der Waals surface area contributed by atoms with Gasteiger partial charge in [0.1, 0.15) is 23.8 Å². The van der Waals surface area contributed by atoms with E-state index in [0.29, 0.717) is 25.8 Å². The minimum absolute atomic E-state index is 0.000686. The molecule has 2 aromatic rings. The van der Waals surface area contributed by atoms with Crippen molar-refractivity contribution in [1.82, 2.24) is 30.5 Å². The number of carbonyl (C=O) groups is 3. The molecule has 0 saturated carbocycles.